The molecule has 0 spiro atoms. The van der Waals surface area contributed by atoms with Gasteiger partial charge >= 0.3 is 0 Å². The maximum absolute atomic E-state index is 11.8. The molecule has 0 atom stereocenters. The highest BCUT2D eigenvalue weighted by Crippen LogP contribution is 2.33. The fraction of sp³-hybridized carbons (Fsp3) is 0.389. The van der Waals surface area contributed by atoms with Gasteiger partial charge in [-0.15, -0.1) is 0 Å². The third kappa shape index (κ3) is 2.89. The molecule has 6 nitrogen and oxygen atoms in total. The molecular weight excluding hydrogens is 334 g/mol. The molecule has 0 unspecified atom stereocenters. The third-order valence-corrected chi connectivity index (χ3v) is 6.05. The number of hydrogen-bond donors (Lipinski definition) is 0. The average molecular weight is 355 g/mol. The molecule has 1 aliphatic rings. The molecule has 1 aromatic carbocycles. The average Bonchev–Trinajstić information content (AvgIpc) is 3.08. The molecule has 1 fully saturated rings. The quantitative estimate of drug-likeness (QED) is 0.706. The molecule has 1 aliphatic heterocycles. The van der Waals surface area contributed by atoms with E-state index in [1.807, 2.05) is 0 Å². The Labute approximate surface area is 150 Å². The van der Waals surface area contributed by atoms with Crippen molar-refractivity contribution in [3.05, 3.63) is 45.9 Å². The van der Waals surface area contributed by atoms with Gasteiger partial charge in [0, 0.05) is 39.3 Å². The molecule has 130 valence electrons. The number of piperazine rings is 1. The van der Waals surface area contributed by atoms with E-state index < -0.39 is 0 Å². The van der Waals surface area contributed by atoms with Gasteiger partial charge in [0.05, 0.1) is 22.1 Å². The van der Waals surface area contributed by atoms with Crippen LogP contribution in [0.5, 0.6) is 0 Å². The molecule has 4 rings (SSSR count). The van der Waals surface area contributed by atoms with E-state index in [0.29, 0.717) is 0 Å². The fourth-order valence-corrected chi connectivity index (χ4v) is 4.34. The van der Waals surface area contributed by atoms with Crippen LogP contribution in [-0.4, -0.2) is 40.9 Å². The van der Waals surface area contributed by atoms with Crippen molar-refractivity contribution in [1.82, 2.24) is 14.8 Å². The number of fused-ring (bicyclic) bond motifs is 1. The van der Waals surface area contributed by atoms with E-state index in [4.69, 9.17) is 4.98 Å². The summed E-state index contributed by atoms with van der Waals surface area (Å²) in [6.07, 6.45) is 1.77. The lowest BCUT2D eigenvalue weighted by Gasteiger charge is -2.35. The van der Waals surface area contributed by atoms with Crippen molar-refractivity contribution in [1.29, 1.82) is 0 Å². The second-order valence-corrected chi connectivity index (χ2v) is 7.50. The van der Waals surface area contributed by atoms with Crippen LogP contribution in [0.3, 0.4) is 0 Å². The van der Waals surface area contributed by atoms with Gasteiger partial charge in [-0.3, -0.25) is 4.79 Å². The molecule has 1 saturated heterocycles. The number of nitrogens with zero attached hydrogens (tertiary/aromatic N) is 5. The van der Waals surface area contributed by atoms with Crippen LogP contribution in [0.1, 0.15) is 11.1 Å². The van der Waals surface area contributed by atoms with Gasteiger partial charge in [-0.1, -0.05) is 23.5 Å². The maximum atomic E-state index is 11.8. The summed E-state index contributed by atoms with van der Waals surface area (Å²) in [5.74, 6) is 0. The van der Waals surface area contributed by atoms with Crippen LogP contribution >= 0.6 is 11.3 Å². The zero-order valence-electron chi connectivity index (χ0n) is 14.7. The highest BCUT2D eigenvalue weighted by molar-refractivity contribution is 7.22. The summed E-state index contributed by atoms with van der Waals surface area (Å²) in [5.41, 5.74) is 4.47. The number of rotatable bonds is 2. The first kappa shape index (κ1) is 16.1. The fourth-order valence-electron chi connectivity index (χ4n) is 3.17. The van der Waals surface area contributed by atoms with Crippen LogP contribution < -0.4 is 15.4 Å². The van der Waals surface area contributed by atoms with Crippen molar-refractivity contribution < 1.29 is 0 Å². The molecule has 0 N–H and O–H groups in total. The van der Waals surface area contributed by atoms with E-state index in [1.54, 1.807) is 30.6 Å². The Morgan fingerprint density at radius 3 is 2.40 bits per heavy atom. The summed E-state index contributed by atoms with van der Waals surface area (Å²) in [6, 6.07) is 5.97. The second-order valence-electron chi connectivity index (χ2n) is 6.52. The Morgan fingerprint density at radius 1 is 1.04 bits per heavy atom. The van der Waals surface area contributed by atoms with Gasteiger partial charge in [0.25, 0.3) is 5.56 Å². The topological polar surface area (TPSA) is 54.3 Å². The van der Waals surface area contributed by atoms with Gasteiger partial charge in [-0.05, 0) is 25.0 Å². The minimum atomic E-state index is -0.0722. The number of thiazole rings is 1. The van der Waals surface area contributed by atoms with Crippen LogP contribution in [0.4, 0.5) is 10.8 Å². The molecule has 3 aromatic rings. The highest BCUT2D eigenvalue weighted by Gasteiger charge is 2.21. The summed E-state index contributed by atoms with van der Waals surface area (Å²) in [4.78, 5) is 21.2. The van der Waals surface area contributed by atoms with Gasteiger partial charge in [-0.2, -0.15) is 5.10 Å². The van der Waals surface area contributed by atoms with Crippen molar-refractivity contribution in [2.75, 3.05) is 36.0 Å². The van der Waals surface area contributed by atoms with Gasteiger partial charge in [0.15, 0.2) is 5.13 Å². The molecule has 7 heteroatoms. The lowest BCUT2D eigenvalue weighted by molar-refractivity contribution is 0.642. The van der Waals surface area contributed by atoms with Crippen molar-refractivity contribution in [2.45, 2.75) is 13.8 Å². The highest BCUT2D eigenvalue weighted by atomic mass is 32.1. The molecule has 3 heterocycles. The largest absolute Gasteiger partial charge is 0.367 e. The zero-order chi connectivity index (χ0) is 17.6. The van der Waals surface area contributed by atoms with E-state index in [-0.39, 0.29) is 5.56 Å². The third-order valence-electron chi connectivity index (χ3n) is 4.80. The van der Waals surface area contributed by atoms with Crippen LogP contribution in [0.15, 0.2) is 29.2 Å². The minimum Gasteiger partial charge on any atom is -0.367 e. The normalized spacial score (nSPS) is 15.2. The van der Waals surface area contributed by atoms with Crippen LogP contribution in [0.2, 0.25) is 0 Å². The Morgan fingerprint density at radius 2 is 1.72 bits per heavy atom. The lowest BCUT2D eigenvalue weighted by Crippen LogP contribution is -2.47. The first-order chi connectivity index (χ1) is 12.0. The Kier molecular flexibility index (Phi) is 3.95. The maximum Gasteiger partial charge on any atom is 0.268 e. The molecule has 0 saturated carbocycles. The SMILES string of the molecule is Cc1ccc(C)c2sc(N3CCN(c4cnn(C)c(=O)c4)CC3)nc12. The summed E-state index contributed by atoms with van der Waals surface area (Å²) in [6.45, 7) is 7.78. The van der Waals surface area contributed by atoms with E-state index in [0.717, 1.165) is 42.5 Å². The molecule has 2 aromatic heterocycles. The van der Waals surface area contributed by atoms with Crippen molar-refractivity contribution >= 4 is 32.4 Å². The van der Waals surface area contributed by atoms with Gasteiger partial charge < -0.3 is 9.80 Å². The Balaban J connectivity index is 1.54. The van der Waals surface area contributed by atoms with Crippen molar-refractivity contribution in [3.8, 4) is 0 Å². The lowest BCUT2D eigenvalue weighted by atomic mass is 10.1. The number of aryl methyl sites for hydroxylation is 3. The molecular formula is C18H21N5OS. The smallest absolute Gasteiger partial charge is 0.268 e. The Hall–Kier alpha value is -2.41. The van der Waals surface area contributed by atoms with E-state index in [9.17, 15) is 4.79 Å². The predicted molar refractivity (Wildman–Crippen MR) is 103 cm³/mol. The zero-order valence-corrected chi connectivity index (χ0v) is 15.5. The van der Waals surface area contributed by atoms with E-state index in [2.05, 4.69) is 40.9 Å². The first-order valence-corrected chi connectivity index (χ1v) is 9.24. The monoisotopic (exact) mass is 355 g/mol. The Bertz CT molecular complexity index is 946. The number of anilines is 2. The summed E-state index contributed by atoms with van der Waals surface area (Å²) in [5, 5.41) is 5.21. The number of aromatic nitrogens is 3. The van der Waals surface area contributed by atoms with Gasteiger partial charge in [-0.25, -0.2) is 9.67 Å². The first-order valence-electron chi connectivity index (χ1n) is 8.43. The van der Waals surface area contributed by atoms with Crippen LogP contribution in [-0.2, 0) is 7.05 Å². The molecule has 25 heavy (non-hydrogen) atoms. The van der Waals surface area contributed by atoms with Crippen molar-refractivity contribution in [3.63, 3.8) is 0 Å². The van der Waals surface area contributed by atoms with Gasteiger partial charge in [0.2, 0.25) is 0 Å². The van der Waals surface area contributed by atoms with Crippen molar-refractivity contribution in [2.24, 2.45) is 7.05 Å². The standard InChI is InChI=1S/C18H21N5OS/c1-12-4-5-13(2)17-16(12)20-18(25-17)23-8-6-22(7-9-23)14-10-15(24)21(3)19-11-14/h4-5,10-11H,6-9H2,1-3H3. The number of hydrogen-bond acceptors (Lipinski definition) is 6. The molecule has 0 bridgehead atoms. The second kappa shape index (κ2) is 6.15. The van der Waals surface area contributed by atoms with E-state index >= 15 is 0 Å². The van der Waals surface area contributed by atoms with E-state index in [1.165, 1.54) is 20.5 Å². The predicted octanol–water partition coefficient (Wildman–Crippen LogP) is 2.33. The van der Waals surface area contributed by atoms with Gasteiger partial charge in [0.1, 0.15) is 0 Å². The molecule has 0 aliphatic carbocycles. The summed E-state index contributed by atoms with van der Waals surface area (Å²) < 4.78 is 2.64. The van der Waals surface area contributed by atoms with Crippen LogP contribution in [0.25, 0.3) is 10.2 Å². The summed E-state index contributed by atoms with van der Waals surface area (Å²) in [7, 11) is 1.67. The van der Waals surface area contributed by atoms with Crippen LogP contribution in [0, 0.1) is 13.8 Å². The summed E-state index contributed by atoms with van der Waals surface area (Å²) >= 11 is 1.78. The minimum absolute atomic E-state index is 0.0722. The molecule has 0 amide bonds. The number of benzene rings is 1. The molecule has 0 radical (unpaired) electrons.